The van der Waals surface area contributed by atoms with Crippen molar-refractivity contribution in [2.75, 3.05) is 0 Å². The Morgan fingerprint density at radius 2 is 1.38 bits per heavy atom. The number of rotatable bonds is 1. The zero-order valence-electron chi connectivity index (χ0n) is 13.1. The van der Waals surface area contributed by atoms with Crippen molar-refractivity contribution >= 4 is 17.3 Å². The lowest BCUT2D eigenvalue weighted by molar-refractivity contribution is -0.356. The number of allylic oxidation sites excluding steroid dienone is 12. The van der Waals surface area contributed by atoms with Crippen molar-refractivity contribution < 1.29 is 9.37 Å². The summed E-state index contributed by atoms with van der Waals surface area (Å²) in [5, 5.41) is 0. The van der Waals surface area contributed by atoms with Crippen LogP contribution in [0, 0.1) is 0 Å². The molecule has 2 nitrogen and oxygen atoms in total. The Balaban J connectivity index is 1.97. The smallest absolute Gasteiger partial charge is 0.214 e. The van der Waals surface area contributed by atoms with Gasteiger partial charge < -0.3 is 0 Å². The third-order valence-electron chi connectivity index (χ3n) is 4.13. The summed E-state index contributed by atoms with van der Waals surface area (Å²) < 4.78 is 1.79. The van der Waals surface area contributed by atoms with Gasteiger partial charge in [-0.3, -0.25) is 0 Å². The number of amides is 1. The minimum absolute atomic E-state index is 0.00796. The van der Waals surface area contributed by atoms with Crippen molar-refractivity contribution in [2.45, 2.75) is 0 Å². The molecule has 2 aliphatic carbocycles. The van der Waals surface area contributed by atoms with E-state index in [1.54, 1.807) is 4.58 Å². The van der Waals surface area contributed by atoms with Gasteiger partial charge in [0.2, 0.25) is 11.4 Å². The molecule has 2 heteroatoms. The van der Waals surface area contributed by atoms with Crippen molar-refractivity contribution in [2.24, 2.45) is 0 Å². The second-order valence-electron chi connectivity index (χ2n) is 5.62. The lowest BCUT2D eigenvalue weighted by atomic mass is 9.97. The monoisotopic (exact) mass is 310 g/mol. The first kappa shape index (κ1) is 14.3. The molecule has 0 radical (unpaired) electrons. The summed E-state index contributed by atoms with van der Waals surface area (Å²) in [5.41, 5.74) is 4.42. The molecule has 3 aliphatic rings. The summed E-state index contributed by atoms with van der Waals surface area (Å²) >= 11 is 0. The Hall–Kier alpha value is -3.26. The predicted molar refractivity (Wildman–Crippen MR) is 97.2 cm³/mol. The Labute approximate surface area is 141 Å². The molecule has 1 amide bonds. The largest absolute Gasteiger partial charge is 0.427 e. The van der Waals surface area contributed by atoms with Crippen LogP contribution in [0.3, 0.4) is 0 Å². The summed E-state index contributed by atoms with van der Waals surface area (Å²) in [6, 6.07) is 9.78. The van der Waals surface area contributed by atoms with Gasteiger partial charge in [-0.25, -0.2) is 4.79 Å². The molecule has 0 fully saturated rings. The zero-order chi connectivity index (χ0) is 16.4. The van der Waals surface area contributed by atoms with E-state index >= 15 is 0 Å². The Morgan fingerprint density at radius 3 is 2.12 bits per heavy atom. The van der Waals surface area contributed by atoms with Crippen LogP contribution in [0.1, 0.15) is 0 Å². The lowest BCUT2D eigenvalue weighted by Gasteiger charge is -1.99. The van der Waals surface area contributed by atoms with Crippen molar-refractivity contribution in [3.8, 4) is 0 Å². The number of para-hydroxylation sites is 1. The molecule has 0 saturated carbocycles. The molecule has 1 aromatic rings. The minimum atomic E-state index is 0.00796. The van der Waals surface area contributed by atoms with Gasteiger partial charge in [-0.05, 0) is 11.6 Å². The van der Waals surface area contributed by atoms with E-state index in [1.807, 2.05) is 97.2 Å². The van der Waals surface area contributed by atoms with Crippen molar-refractivity contribution in [3.05, 3.63) is 114 Å². The van der Waals surface area contributed by atoms with Crippen LogP contribution in [-0.2, 0) is 4.79 Å². The number of fused-ring (bicyclic) bond motifs is 1. The highest BCUT2D eigenvalue weighted by atomic mass is 16.2. The van der Waals surface area contributed by atoms with E-state index in [2.05, 4.69) is 0 Å². The van der Waals surface area contributed by atoms with Gasteiger partial charge in [0, 0.05) is 18.2 Å². The van der Waals surface area contributed by atoms with Crippen molar-refractivity contribution in [3.63, 3.8) is 0 Å². The van der Waals surface area contributed by atoms with Gasteiger partial charge in [-0.2, -0.15) is 0 Å². The molecule has 0 bridgehead atoms. The lowest BCUT2D eigenvalue weighted by Crippen LogP contribution is -2.14. The molecular weight excluding hydrogens is 294 g/mol. The van der Waals surface area contributed by atoms with Crippen LogP contribution < -0.4 is 0 Å². The average molecular weight is 310 g/mol. The highest BCUT2D eigenvalue weighted by Gasteiger charge is 2.42. The highest BCUT2D eigenvalue weighted by molar-refractivity contribution is 6.23. The molecule has 1 heterocycles. The van der Waals surface area contributed by atoms with Crippen LogP contribution in [0.25, 0.3) is 0 Å². The maximum absolute atomic E-state index is 13.3. The van der Waals surface area contributed by atoms with E-state index in [0.29, 0.717) is 0 Å². The fraction of sp³-hybridized carbons (Fsp3) is 0. The number of carbonyl (C=O) groups excluding carboxylic acids is 1. The standard InChI is InChI=1S/C22H16NO/c24-22-21(17-11-5-1-2-6-12-17)19-15-9-4-10-16-20(19)23(22)18-13-7-3-8-14-18/h1-16H/q+1. The molecule has 0 atom stereocenters. The number of benzene rings is 1. The molecule has 0 aromatic heterocycles. The van der Waals surface area contributed by atoms with E-state index in [0.717, 1.165) is 28.1 Å². The number of hydrogen-bond acceptors (Lipinski definition) is 1. The van der Waals surface area contributed by atoms with E-state index in [9.17, 15) is 4.79 Å². The SMILES string of the molecule is O=C1C(=C2C=CC=CC=C2)C2=CC=CC=CC2=[N+]1c1ccccc1. The fourth-order valence-corrected chi connectivity index (χ4v) is 3.06. The number of carbonyl (C=O) groups is 1. The molecule has 0 N–H and O–H groups in total. The van der Waals surface area contributed by atoms with Gasteiger partial charge in [0.1, 0.15) is 5.57 Å². The maximum Gasteiger partial charge on any atom is 0.427 e. The minimum Gasteiger partial charge on any atom is -0.214 e. The van der Waals surface area contributed by atoms with E-state index in [-0.39, 0.29) is 5.91 Å². The van der Waals surface area contributed by atoms with Gasteiger partial charge in [-0.1, -0.05) is 72.9 Å². The summed E-state index contributed by atoms with van der Waals surface area (Å²) in [6.45, 7) is 0. The normalized spacial score (nSPS) is 18.8. The molecule has 114 valence electrons. The first-order valence-electron chi connectivity index (χ1n) is 7.94. The third-order valence-corrected chi connectivity index (χ3v) is 4.13. The second-order valence-corrected chi connectivity index (χ2v) is 5.62. The average Bonchev–Trinajstić information content (AvgIpc) is 2.87. The van der Waals surface area contributed by atoms with Crippen molar-refractivity contribution in [1.29, 1.82) is 0 Å². The molecule has 0 spiro atoms. The van der Waals surface area contributed by atoms with Crippen molar-refractivity contribution in [1.82, 2.24) is 0 Å². The fourth-order valence-electron chi connectivity index (χ4n) is 3.06. The molecule has 0 saturated heterocycles. The third kappa shape index (κ3) is 2.38. The van der Waals surface area contributed by atoms with Gasteiger partial charge >= 0.3 is 5.91 Å². The Kier molecular flexibility index (Phi) is 3.64. The summed E-state index contributed by atoms with van der Waals surface area (Å²) in [7, 11) is 0. The maximum atomic E-state index is 13.3. The molecule has 4 rings (SSSR count). The summed E-state index contributed by atoms with van der Waals surface area (Å²) in [4.78, 5) is 13.3. The molecule has 1 aromatic carbocycles. The molecular formula is C22H16NO+. The van der Waals surface area contributed by atoms with Gasteiger partial charge in [0.05, 0.1) is 5.57 Å². The summed E-state index contributed by atoms with van der Waals surface area (Å²) in [6.07, 6.45) is 21.8. The first-order valence-corrected chi connectivity index (χ1v) is 7.94. The van der Waals surface area contributed by atoms with E-state index in [4.69, 9.17) is 0 Å². The molecule has 1 aliphatic heterocycles. The highest BCUT2D eigenvalue weighted by Crippen LogP contribution is 2.32. The molecule has 24 heavy (non-hydrogen) atoms. The van der Waals surface area contributed by atoms with Crippen LogP contribution in [-0.4, -0.2) is 16.2 Å². The van der Waals surface area contributed by atoms with E-state index in [1.165, 1.54) is 0 Å². The van der Waals surface area contributed by atoms with E-state index < -0.39 is 0 Å². The Morgan fingerprint density at radius 1 is 0.708 bits per heavy atom. The summed E-state index contributed by atoms with van der Waals surface area (Å²) in [5.74, 6) is 0.00796. The van der Waals surface area contributed by atoms with Gasteiger partial charge in [0.25, 0.3) is 0 Å². The number of hydrogen-bond donors (Lipinski definition) is 0. The zero-order valence-corrected chi connectivity index (χ0v) is 13.1. The Bertz CT molecular complexity index is 927. The van der Waals surface area contributed by atoms with Crippen LogP contribution in [0.2, 0.25) is 0 Å². The predicted octanol–water partition coefficient (Wildman–Crippen LogP) is 4.34. The quantitative estimate of drug-likeness (QED) is 0.558. The van der Waals surface area contributed by atoms with Crippen LogP contribution in [0.15, 0.2) is 114 Å². The first-order chi connectivity index (χ1) is 11.9. The number of nitrogens with zero attached hydrogens (tertiary/aromatic N) is 1. The van der Waals surface area contributed by atoms with Gasteiger partial charge in [0.15, 0.2) is 0 Å². The van der Waals surface area contributed by atoms with Crippen LogP contribution in [0.4, 0.5) is 5.69 Å². The second kappa shape index (κ2) is 6.09. The van der Waals surface area contributed by atoms with Crippen LogP contribution in [0.5, 0.6) is 0 Å². The topological polar surface area (TPSA) is 20.1 Å². The van der Waals surface area contributed by atoms with Crippen LogP contribution >= 0.6 is 0 Å². The molecule has 0 unspecified atom stereocenters. The van der Waals surface area contributed by atoms with Gasteiger partial charge in [-0.15, -0.1) is 4.58 Å².